The Morgan fingerprint density at radius 1 is 1.36 bits per heavy atom. The summed E-state index contributed by atoms with van der Waals surface area (Å²) in [6.45, 7) is 2.21. The zero-order valence-electron chi connectivity index (χ0n) is 13.5. The molecule has 0 bridgehead atoms. The van der Waals surface area contributed by atoms with Crippen LogP contribution in [-0.2, 0) is 4.79 Å². The second-order valence-electron chi connectivity index (χ2n) is 5.84. The van der Waals surface area contributed by atoms with Crippen molar-refractivity contribution in [3.8, 4) is 0 Å². The number of aromatic amines is 2. The Morgan fingerprint density at radius 3 is 2.84 bits per heavy atom. The van der Waals surface area contributed by atoms with Gasteiger partial charge in [-0.3, -0.25) is 14.7 Å². The van der Waals surface area contributed by atoms with Crippen LogP contribution in [0.2, 0.25) is 0 Å². The second-order valence-corrected chi connectivity index (χ2v) is 6.75. The van der Waals surface area contributed by atoms with Crippen LogP contribution in [0.5, 0.6) is 0 Å². The third-order valence-electron chi connectivity index (χ3n) is 4.07. The van der Waals surface area contributed by atoms with Crippen molar-refractivity contribution in [3.63, 3.8) is 0 Å². The van der Waals surface area contributed by atoms with Crippen LogP contribution < -0.4 is 5.32 Å². The molecule has 25 heavy (non-hydrogen) atoms. The lowest BCUT2D eigenvalue weighted by molar-refractivity contribution is -0.138. The van der Waals surface area contributed by atoms with Gasteiger partial charge in [-0.15, -0.1) is 0 Å². The predicted molar refractivity (Wildman–Crippen MR) is 96.7 cm³/mol. The number of aryl methyl sites for hydroxylation is 1. The molecule has 3 rings (SSSR count). The second kappa shape index (κ2) is 7.10. The highest BCUT2D eigenvalue weighted by Gasteiger charge is 2.21. The summed E-state index contributed by atoms with van der Waals surface area (Å²) in [6.07, 6.45) is 3.32. The molecule has 0 aliphatic carbocycles. The highest BCUT2D eigenvalue weighted by atomic mass is 79.9. The Hall–Kier alpha value is -2.61. The van der Waals surface area contributed by atoms with Gasteiger partial charge in [-0.25, -0.2) is 0 Å². The minimum atomic E-state index is -0.943. The zero-order valence-corrected chi connectivity index (χ0v) is 15.1. The number of carboxylic acid groups (broad SMARTS) is 1. The summed E-state index contributed by atoms with van der Waals surface area (Å²) in [4.78, 5) is 26.8. The van der Waals surface area contributed by atoms with Crippen molar-refractivity contribution in [1.82, 2.24) is 20.5 Å². The smallest absolute Gasteiger partial charge is 0.311 e. The fourth-order valence-electron chi connectivity index (χ4n) is 2.81. The van der Waals surface area contributed by atoms with Gasteiger partial charge in [0.25, 0.3) is 5.91 Å². The highest BCUT2D eigenvalue weighted by molar-refractivity contribution is 9.10. The van der Waals surface area contributed by atoms with Crippen LogP contribution in [0.1, 0.15) is 34.0 Å². The Bertz CT molecular complexity index is 918. The Labute approximate surface area is 152 Å². The molecule has 0 aliphatic heterocycles. The summed E-state index contributed by atoms with van der Waals surface area (Å²) in [5.74, 6) is -1.91. The molecular formula is C17H17BrN4O3. The zero-order chi connectivity index (χ0) is 18.0. The number of H-pyrrole nitrogens is 2. The lowest BCUT2D eigenvalue weighted by atomic mass is 9.99. The molecule has 1 amide bonds. The number of nitrogens with one attached hydrogen (secondary N) is 3. The molecule has 130 valence electrons. The van der Waals surface area contributed by atoms with Crippen LogP contribution >= 0.6 is 15.9 Å². The van der Waals surface area contributed by atoms with E-state index in [0.717, 1.165) is 20.9 Å². The number of halogens is 1. The van der Waals surface area contributed by atoms with Crippen molar-refractivity contribution in [1.29, 1.82) is 0 Å². The maximum absolute atomic E-state index is 12.3. The van der Waals surface area contributed by atoms with Gasteiger partial charge < -0.3 is 15.4 Å². The molecule has 0 fully saturated rings. The van der Waals surface area contributed by atoms with Gasteiger partial charge in [0, 0.05) is 33.7 Å². The predicted octanol–water partition coefficient (Wildman–Crippen LogP) is 2.95. The number of aliphatic carboxylic acids is 1. The van der Waals surface area contributed by atoms with Crippen LogP contribution in [-0.4, -0.2) is 38.7 Å². The molecule has 2 heterocycles. The van der Waals surface area contributed by atoms with E-state index in [1.807, 2.05) is 19.1 Å². The van der Waals surface area contributed by atoms with Crippen LogP contribution in [0.15, 0.2) is 35.1 Å². The number of carbonyl (C=O) groups is 2. The van der Waals surface area contributed by atoms with Crippen molar-refractivity contribution in [2.24, 2.45) is 0 Å². The summed E-state index contributed by atoms with van der Waals surface area (Å²) in [7, 11) is 0. The molecular weight excluding hydrogens is 388 g/mol. The van der Waals surface area contributed by atoms with Crippen molar-refractivity contribution >= 4 is 38.7 Å². The van der Waals surface area contributed by atoms with E-state index in [-0.39, 0.29) is 18.9 Å². The van der Waals surface area contributed by atoms with E-state index >= 15 is 0 Å². The maximum Gasteiger partial charge on any atom is 0.311 e. The number of fused-ring (bicyclic) bond motifs is 1. The molecule has 0 spiro atoms. The average Bonchev–Trinajstić information content (AvgIpc) is 3.20. The van der Waals surface area contributed by atoms with E-state index in [1.165, 1.54) is 6.20 Å². The summed E-state index contributed by atoms with van der Waals surface area (Å²) >= 11 is 3.44. The lowest BCUT2D eigenvalue weighted by Crippen LogP contribution is -2.27. The van der Waals surface area contributed by atoms with Gasteiger partial charge >= 0.3 is 5.97 Å². The quantitative estimate of drug-likeness (QED) is 0.505. The van der Waals surface area contributed by atoms with Gasteiger partial charge in [0.1, 0.15) is 5.69 Å². The van der Waals surface area contributed by atoms with E-state index in [2.05, 4.69) is 36.4 Å². The fourth-order valence-corrected chi connectivity index (χ4v) is 3.40. The Morgan fingerprint density at radius 2 is 2.16 bits per heavy atom. The number of nitrogens with zero attached hydrogens (tertiary/aromatic N) is 1. The molecule has 0 aliphatic rings. The Kier molecular flexibility index (Phi) is 4.89. The minimum Gasteiger partial charge on any atom is -0.481 e. The molecule has 1 atom stereocenters. The SMILES string of the molecule is Cc1cc(Br)cc2cc(C(=O)NCCC(C(=O)O)c3cn[nH]c3)[nH]c12. The number of carboxylic acids is 1. The number of carbonyl (C=O) groups excluding carboxylic acids is 1. The molecule has 7 nitrogen and oxygen atoms in total. The first-order valence-corrected chi connectivity index (χ1v) is 8.53. The number of rotatable bonds is 6. The van der Waals surface area contributed by atoms with Crippen molar-refractivity contribution in [2.45, 2.75) is 19.3 Å². The first-order valence-electron chi connectivity index (χ1n) is 7.74. The van der Waals surface area contributed by atoms with E-state index < -0.39 is 11.9 Å². The third-order valence-corrected chi connectivity index (χ3v) is 4.53. The summed E-state index contributed by atoms with van der Waals surface area (Å²) in [5, 5.41) is 19.4. The molecule has 3 aromatic rings. The number of hydrogen-bond acceptors (Lipinski definition) is 3. The summed E-state index contributed by atoms with van der Waals surface area (Å²) < 4.78 is 0.952. The largest absolute Gasteiger partial charge is 0.481 e. The lowest BCUT2D eigenvalue weighted by Gasteiger charge is -2.10. The molecule has 0 radical (unpaired) electrons. The van der Waals surface area contributed by atoms with Gasteiger partial charge in [0.05, 0.1) is 12.1 Å². The normalized spacial score (nSPS) is 12.2. The van der Waals surface area contributed by atoms with Gasteiger partial charge in [-0.2, -0.15) is 5.10 Å². The van der Waals surface area contributed by atoms with Gasteiger partial charge in [0.15, 0.2) is 0 Å². The number of amides is 1. The van der Waals surface area contributed by atoms with Crippen LogP contribution in [0, 0.1) is 6.92 Å². The third kappa shape index (κ3) is 3.74. The van der Waals surface area contributed by atoms with Gasteiger partial charge in [-0.1, -0.05) is 15.9 Å². The number of hydrogen-bond donors (Lipinski definition) is 4. The van der Waals surface area contributed by atoms with E-state index in [0.29, 0.717) is 11.3 Å². The van der Waals surface area contributed by atoms with E-state index in [4.69, 9.17) is 0 Å². The van der Waals surface area contributed by atoms with Crippen LogP contribution in [0.4, 0.5) is 0 Å². The Balaban J connectivity index is 1.66. The van der Waals surface area contributed by atoms with Gasteiger partial charge in [0.2, 0.25) is 0 Å². The first kappa shape index (κ1) is 17.2. The van der Waals surface area contributed by atoms with E-state index in [9.17, 15) is 14.7 Å². The first-order chi connectivity index (χ1) is 12.0. The summed E-state index contributed by atoms with van der Waals surface area (Å²) in [6, 6.07) is 5.70. The molecule has 0 saturated carbocycles. The molecule has 1 unspecified atom stereocenters. The topological polar surface area (TPSA) is 111 Å². The van der Waals surface area contributed by atoms with Crippen LogP contribution in [0.3, 0.4) is 0 Å². The minimum absolute atomic E-state index is 0.249. The van der Waals surface area contributed by atoms with Crippen molar-refractivity contribution in [2.75, 3.05) is 6.54 Å². The number of aromatic nitrogens is 3. The molecule has 0 saturated heterocycles. The molecule has 1 aromatic carbocycles. The molecule has 4 N–H and O–H groups in total. The average molecular weight is 405 g/mol. The monoisotopic (exact) mass is 404 g/mol. The van der Waals surface area contributed by atoms with Gasteiger partial charge in [-0.05, 0) is 37.1 Å². The molecule has 2 aromatic heterocycles. The maximum atomic E-state index is 12.3. The van der Waals surface area contributed by atoms with E-state index in [1.54, 1.807) is 12.3 Å². The standard InChI is InChI=1S/C17H17BrN4O3/c1-9-4-12(18)5-10-6-14(22-15(9)10)16(23)19-3-2-13(17(24)25)11-7-20-21-8-11/h4-8,13,22H,2-3H2,1H3,(H,19,23)(H,20,21)(H,24,25). The fraction of sp³-hybridized carbons (Fsp3) is 0.235. The molecule has 8 heteroatoms. The van der Waals surface area contributed by atoms with Crippen molar-refractivity contribution in [3.05, 3.63) is 51.9 Å². The summed E-state index contributed by atoms with van der Waals surface area (Å²) in [5.41, 5.74) is 2.99. The highest BCUT2D eigenvalue weighted by Crippen LogP contribution is 2.24. The number of benzene rings is 1. The van der Waals surface area contributed by atoms with Crippen LogP contribution in [0.25, 0.3) is 10.9 Å². The van der Waals surface area contributed by atoms with Crippen molar-refractivity contribution < 1.29 is 14.7 Å².